The minimum absolute atomic E-state index is 0.642. The Bertz CT molecular complexity index is 98.6. The molecule has 0 aliphatic carbocycles. The topological polar surface area (TPSA) is 24.1 Å². The van der Waals surface area contributed by atoms with Crippen LogP contribution in [0.25, 0.3) is 0 Å². The molecule has 0 saturated heterocycles. The molecule has 2 nitrogen and oxygen atoms in total. The molecule has 0 bridgehead atoms. The Labute approximate surface area is 55.0 Å². The summed E-state index contributed by atoms with van der Waals surface area (Å²) in [6, 6.07) is 0. The molecular formula is C5H10N2S. The summed E-state index contributed by atoms with van der Waals surface area (Å²) in [5, 5.41) is 6.23. The van der Waals surface area contributed by atoms with Gasteiger partial charge in [0.15, 0.2) is 5.11 Å². The molecule has 0 rings (SSSR count). The van der Waals surface area contributed by atoms with Crippen molar-refractivity contribution in [2.24, 2.45) is 0 Å². The molecule has 0 aromatic heterocycles. The summed E-state index contributed by atoms with van der Waals surface area (Å²) in [5.41, 5.74) is 0. The van der Waals surface area contributed by atoms with Gasteiger partial charge >= 0.3 is 0 Å². The van der Waals surface area contributed by atoms with Crippen LogP contribution < -0.4 is 10.6 Å². The molecule has 3 heteroatoms. The molecule has 2 N–H and O–H groups in total. The van der Waals surface area contributed by atoms with Crippen molar-refractivity contribution in [3.05, 3.63) is 12.3 Å². The van der Waals surface area contributed by atoms with Crippen LogP contribution in [0.15, 0.2) is 12.3 Å². The van der Waals surface area contributed by atoms with Crippen molar-refractivity contribution in [2.45, 2.75) is 6.92 Å². The molecule has 0 aliphatic rings. The van der Waals surface area contributed by atoms with E-state index in [2.05, 4.69) is 10.6 Å². The molecule has 46 valence electrons. The Morgan fingerprint density at radius 1 is 1.62 bits per heavy atom. The van der Waals surface area contributed by atoms with Gasteiger partial charge in [-0.25, -0.2) is 0 Å². The van der Waals surface area contributed by atoms with E-state index in [0.29, 0.717) is 5.11 Å². The van der Waals surface area contributed by atoms with E-state index in [1.54, 1.807) is 13.2 Å². The SMILES string of the molecule is C/C=C\NC(=S)NC. The lowest BCUT2D eigenvalue weighted by Gasteiger charge is -1.98. The molecule has 0 aromatic rings. The first-order valence-corrected chi connectivity index (χ1v) is 2.81. The molecular weight excluding hydrogens is 120 g/mol. The molecule has 8 heavy (non-hydrogen) atoms. The molecule has 0 fully saturated rings. The van der Waals surface area contributed by atoms with Crippen molar-refractivity contribution >= 4 is 17.3 Å². The zero-order valence-corrected chi connectivity index (χ0v) is 5.88. The highest BCUT2D eigenvalue weighted by molar-refractivity contribution is 7.80. The Kier molecular flexibility index (Phi) is 4.26. The monoisotopic (exact) mass is 130 g/mol. The quantitative estimate of drug-likeness (QED) is 0.509. The first-order chi connectivity index (χ1) is 3.81. The molecule has 0 aromatic carbocycles. The predicted octanol–water partition coefficient (Wildman–Crippen LogP) is 0.614. The van der Waals surface area contributed by atoms with Crippen LogP contribution in [0, 0.1) is 0 Å². The van der Waals surface area contributed by atoms with Crippen LogP contribution in [0.2, 0.25) is 0 Å². The molecule has 0 radical (unpaired) electrons. The molecule has 0 heterocycles. The van der Waals surface area contributed by atoms with E-state index in [0.717, 1.165) is 0 Å². The van der Waals surface area contributed by atoms with Gasteiger partial charge < -0.3 is 10.6 Å². The standard InChI is InChI=1S/C5H10N2S/c1-3-4-7-5(8)6-2/h3-4H,1-2H3,(H2,6,7,8)/b4-3-. The Balaban J connectivity index is 3.25. The first kappa shape index (κ1) is 7.43. The van der Waals surface area contributed by atoms with E-state index >= 15 is 0 Å². The predicted molar refractivity (Wildman–Crippen MR) is 39.6 cm³/mol. The van der Waals surface area contributed by atoms with Gasteiger partial charge in [0, 0.05) is 7.05 Å². The normalized spacial score (nSPS) is 9.25. The second kappa shape index (κ2) is 4.59. The maximum absolute atomic E-state index is 4.75. The fourth-order valence-corrected chi connectivity index (χ4v) is 0.299. The van der Waals surface area contributed by atoms with Gasteiger partial charge in [0.25, 0.3) is 0 Å². The van der Waals surface area contributed by atoms with E-state index in [1.165, 1.54) is 0 Å². The van der Waals surface area contributed by atoms with Crippen LogP contribution in [0.4, 0.5) is 0 Å². The Morgan fingerprint density at radius 2 is 2.25 bits per heavy atom. The number of rotatable bonds is 1. The number of thiocarbonyl (C=S) groups is 1. The van der Waals surface area contributed by atoms with Crippen LogP contribution in [0.3, 0.4) is 0 Å². The summed E-state index contributed by atoms with van der Waals surface area (Å²) in [5.74, 6) is 0. The lowest BCUT2D eigenvalue weighted by atomic mass is 10.7. The largest absolute Gasteiger partial charge is 0.366 e. The summed E-state index contributed by atoms with van der Waals surface area (Å²) >= 11 is 4.75. The second-order valence-electron chi connectivity index (χ2n) is 1.22. The van der Waals surface area contributed by atoms with Crippen LogP contribution in [0.5, 0.6) is 0 Å². The van der Waals surface area contributed by atoms with Crippen molar-refractivity contribution in [3.63, 3.8) is 0 Å². The molecule has 0 unspecified atom stereocenters. The van der Waals surface area contributed by atoms with Gasteiger partial charge in [0.05, 0.1) is 0 Å². The second-order valence-corrected chi connectivity index (χ2v) is 1.63. The smallest absolute Gasteiger partial charge is 0.170 e. The lowest BCUT2D eigenvalue weighted by molar-refractivity contribution is 1.10. The lowest BCUT2D eigenvalue weighted by Crippen LogP contribution is -2.27. The molecule has 0 atom stereocenters. The summed E-state index contributed by atoms with van der Waals surface area (Å²) in [6.07, 6.45) is 3.66. The van der Waals surface area contributed by atoms with Crippen LogP contribution in [0.1, 0.15) is 6.92 Å². The average molecular weight is 130 g/mol. The van der Waals surface area contributed by atoms with Gasteiger partial charge in [0.1, 0.15) is 0 Å². The van der Waals surface area contributed by atoms with Crippen LogP contribution >= 0.6 is 12.2 Å². The zero-order chi connectivity index (χ0) is 6.41. The third-order valence-electron chi connectivity index (χ3n) is 0.608. The third kappa shape index (κ3) is 3.61. The highest BCUT2D eigenvalue weighted by Gasteiger charge is 1.79. The van der Waals surface area contributed by atoms with E-state index in [-0.39, 0.29) is 0 Å². The van der Waals surface area contributed by atoms with E-state index in [1.807, 2.05) is 13.0 Å². The summed E-state index contributed by atoms with van der Waals surface area (Å²) < 4.78 is 0. The maximum atomic E-state index is 4.75. The summed E-state index contributed by atoms with van der Waals surface area (Å²) in [6.45, 7) is 1.92. The van der Waals surface area contributed by atoms with Gasteiger partial charge in [-0.3, -0.25) is 0 Å². The van der Waals surface area contributed by atoms with Crippen LogP contribution in [-0.4, -0.2) is 12.2 Å². The van der Waals surface area contributed by atoms with Crippen LogP contribution in [-0.2, 0) is 0 Å². The Morgan fingerprint density at radius 3 is 2.62 bits per heavy atom. The Hall–Kier alpha value is -0.570. The highest BCUT2D eigenvalue weighted by Crippen LogP contribution is 1.64. The number of hydrogen-bond donors (Lipinski definition) is 2. The molecule has 0 spiro atoms. The zero-order valence-electron chi connectivity index (χ0n) is 5.06. The molecule has 0 saturated carbocycles. The number of allylic oxidation sites excluding steroid dienone is 1. The van der Waals surface area contributed by atoms with E-state index in [9.17, 15) is 0 Å². The van der Waals surface area contributed by atoms with Gasteiger partial charge in [-0.05, 0) is 25.3 Å². The van der Waals surface area contributed by atoms with Gasteiger partial charge in [-0.1, -0.05) is 6.08 Å². The van der Waals surface area contributed by atoms with Crippen molar-refractivity contribution in [3.8, 4) is 0 Å². The van der Waals surface area contributed by atoms with Crippen molar-refractivity contribution in [1.29, 1.82) is 0 Å². The fourth-order valence-electron chi connectivity index (χ4n) is 0.231. The molecule has 0 amide bonds. The minimum atomic E-state index is 0.642. The maximum Gasteiger partial charge on any atom is 0.170 e. The highest BCUT2D eigenvalue weighted by atomic mass is 32.1. The van der Waals surface area contributed by atoms with Crippen molar-refractivity contribution < 1.29 is 0 Å². The van der Waals surface area contributed by atoms with E-state index < -0.39 is 0 Å². The summed E-state index contributed by atoms with van der Waals surface area (Å²) in [7, 11) is 1.78. The number of hydrogen-bond acceptors (Lipinski definition) is 1. The van der Waals surface area contributed by atoms with Crippen molar-refractivity contribution in [1.82, 2.24) is 10.6 Å². The minimum Gasteiger partial charge on any atom is -0.366 e. The molecule has 0 aliphatic heterocycles. The third-order valence-corrected chi connectivity index (χ3v) is 0.930. The first-order valence-electron chi connectivity index (χ1n) is 2.40. The average Bonchev–Trinajstić information content (AvgIpc) is 1.83. The van der Waals surface area contributed by atoms with E-state index in [4.69, 9.17) is 12.2 Å². The van der Waals surface area contributed by atoms with Gasteiger partial charge in [-0.2, -0.15) is 0 Å². The van der Waals surface area contributed by atoms with Gasteiger partial charge in [0.2, 0.25) is 0 Å². The number of nitrogens with one attached hydrogen (secondary N) is 2. The fraction of sp³-hybridized carbons (Fsp3) is 0.400. The summed E-state index contributed by atoms with van der Waals surface area (Å²) in [4.78, 5) is 0. The van der Waals surface area contributed by atoms with Gasteiger partial charge in [-0.15, -0.1) is 0 Å². The van der Waals surface area contributed by atoms with Crippen molar-refractivity contribution in [2.75, 3.05) is 7.05 Å².